The van der Waals surface area contributed by atoms with Gasteiger partial charge >= 0.3 is 18.0 Å². The first-order valence-electron chi connectivity index (χ1n) is 5.41. The fourth-order valence-corrected chi connectivity index (χ4v) is 1.11. The number of carboxylic acid groups (broad SMARTS) is 1. The van der Waals surface area contributed by atoms with E-state index < -0.39 is 18.0 Å². The Hall–Kier alpha value is -1.79. The molecule has 0 aliphatic heterocycles. The summed E-state index contributed by atoms with van der Waals surface area (Å²) in [6.45, 7) is 3.93. The minimum absolute atomic E-state index is 0.112. The molecule has 0 fully saturated rings. The van der Waals surface area contributed by atoms with E-state index in [1.165, 1.54) is 4.90 Å². The van der Waals surface area contributed by atoms with Crippen molar-refractivity contribution < 1.29 is 24.2 Å². The molecule has 98 valence electrons. The van der Waals surface area contributed by atoms with Gasteiger partial charge in [-0.2, -0.15) is 0 Å². The van der Waals surface area contributed by atoms with E-state index in [0.717, 1.165) is 0 Å². The summed E-state index contributed by atoms with van der Waals surface area (Å²) in [5, 5.41) is 10.9. The second kappa shape index (κ2) is 8.37. The predicted molar refractivity (Wildman–Crippen MR) is 59.5 cm³/mol. The SMILES string of the molecule is CCOC(=O)CNC(=O)N(CC)CCC(=O)O. The number of carboxylic acids is 1. The van der Waals surface area contributed by atoms with Crippen LogP contribution >= 0.6 is 0 Å². The molecule has 7 nitrogen and oxygen atoms in total. The number of ether oxygens (including phenoxy) is 1. The molecule has 2 N–H and O–H groups in total. The lowest BCUT2D eigenvalue weighted by Crippen LogP contribution is -2.43. The van der Waals surface area contributed by atoms with E-state index in [2.05, 4.69) is 10.1 Å². The normalized spacial score (nSPS) is 9.53. The topological polar surface area (TPSA) is 95.9 Å². The lowest BCUT2D eigenvalue weighted by Gasteiger charge is -2.20. The third kappa shape index (κ3) is 7.15. The summed E-state index contributed by atoms with van der Waals surface area (Å²) < 4.78 is 4.64. The van der Waals surface area contributed by atoms with Gasteiger partial charge < -0.3 is 20.1 Å². The van der Waals surface area contributed by atoms with Crippen LogP contribution in [0.1, 0.15) is 20.3 Å². The number of amides is 2. The maximum absolute atomic E-state index is 11.5. The Balaban J connectivity index is 3.99. The summed E-state index contributed by atoms with van der Waals surface area (Å²) in [6.07, 6.45) is -0.124. The fourth-order valence-electron chi connectivity index (χ4n) is 1.11. The molecule has 0 aromatic rings. The van der Waals surface area contributed by atoms with Crippen molar-refractivity contribution in [3.05, 3.63) is 0 Å². The Morgan fingerprint density at radius 3 is 2.41 bits per heavy atom. The largest absolute Gasteiger partial charge is 0.481 e. The van der Waals surface area contributed by atoms with E-state index in [1.54, 1.807) is 13.8 Å². The molecule has 17 heavy (non-hydrogen) atoms. The van der Waals surface area contributed by atoms with Crippen LogP contribution in [-0.2, 0) is 14.3 Å². The van der Waals surface area contributed by atoms with Gasteiger partial charge in [0.2, 0.25) is 0 Å². The van der Waals surface area contributed by atoms with Crippen molar-refractivity contribution >= 4 is 18.0 Å². The second-order valence-corrected chi connectivity index (χ2v) is 3.19. The van der Waals surface area contributed by atoms with Crippen LogP contribution in [0.3, 0.4) is 0 Å². The Morgan fingerprint density at radius 2 is 1.94 bits per heavy atom. The zero-order valence-corrected chi connectivity index (χ0v) is 10.1. The smallest absolute Gasteiger partial charge is 0.325 e. The zero-order chi connectivity index (χ0) is 13.3. The summed E-state index contributed by atoms with van der Waals surface area (Å²) in [6, 6.07) is -0.471. The molecule has 0 aromatic heterocycles. The van der Waals surface area contributed by atoms with Crippen molar-refractivity contribution in [2.24, 2.45) is 0 Å². The molecule has 0 heterocycles. The second-order valence-electron chi connectivity index (χ2n) is 3.19. The van der Waals surface area contributed by atoms with Crippen molar-refractivity contribution in [3.63, 3.8) is 0 Å². The quantitative estimate of drug-likeness (QED) is 0.619. The molecule has 0 aromatic carbocycles. The number of nitrogens with zero attached hydrogens (tertiary/aromatic N) is 1. The minimum Gasteiger partial charge on any atom is -0.481 e. The van der Waals surface area contributed by atoms with Crippen LogP contribution in [-0.4, -0.2) is 54.2 Å². The van der Waals surface area contributed by atoms with Gasteiger partial charge in [0.1, 0.15) is 6.54 Å². The summed E-state index contributed by atoms with van der Waals surface area (Å²) in [4.78, 5) is 34.2. The highest BCUT2D eigenvalue weighted by Crippen LogP contribution is 1.92. The maximum atomic E-state index is 11.5. The average Bonchev–Trinajstić information content (AvgIpc) is 2.27. The van der Waals surface area contributed by atoms with E-state index in [4.69, 9.17) is 5.11 Å². The first-order chi connectivity index (χ1) is 8.01. The Bertz CT molecular complexity index is 280. The Kier molecular flexibility index (Phi) is 7.49. The summed E-state index contributed by atoms with van der Waals surface area (Å²) in [7, 11) is 0. The Labute approximate surface area is 99.7 Å². The van der Waals surface area contributed by atoms with Crippen LogP contribution in [0.15, 0.2) is 0 Å². The van der Waals surface area contributed by atoms with E-state index >= 15 is 0 Å². The number of hydrogen-bond acceptors (Lipinski definition) is 4. The van der Waals surface area contributed by atoms with Gasteiger partial charge in [-0.05, 0) is 13.8 Å². The van der Waals surface area contributed by atoms with E-state index in [9.17, 15) is 14.4 Å². The standard InChI is InChI=1S/C10H18N2O5/c1-3-12(6-5-8(13)14)10(16)11-7-9(15)17-4-2/h3-7H2,1-2H3,(H,11,16)(H,13,14). The number of carbonyl (C=O) groups excluding carboxylic acids is 2. The van der Waals surface area contributed by atoms with Gasteiger partial charge in [-0.1, -0.05) is 0 Å². The Morgan fingerprint density at radius 1 is 1.29 bits per heavy atom. The number of nitrogens with one attached hydrogen (secondary N) is 1. The molecule has 0 spiro atoms. The first kappa shape index (κ1) is 15.2. The molecule has 0 aliphatic rings. The minimum atomic E-state index is -0.971. The number of hydrogen-bond donors (Lipinski definition) is 2. The van der Waals surface area contributed by atoms with E-state index in [1.807, 2.05) is 0 Å². The average molecular weight is 246 g/mol. The zero-order valence-electron chi connectivity index (χ0n) is 10.1. The number of carbonyl (C=O) groups is 3. The van der Waals surface area contributed by atoms with Crippen LogP contribution in [0.2, 0.25) is 0 Å². The van der Waals surface area contributed by atoms with Gasteiger partial charge in [0, 0.05) is 13.1 Å². The van der Waals surface area contributed by atoms with Gasteiger partial charge in [0.25, 0.3) is 0 Å². The molecule has 0 aliphatic carbocycles. The molecule has 0 bridgehead atoms. The van der Waals surface area contributed by atoms with Gasteiger partial charge in [-0.25, -0.2) is 4.79 Å². The lowest BCUT2D eigenvalue weighted by atomic mass is 10.4. The van der Waals surface area contributed by atoms with Gasteiger partial charge in [0.05, 0.1) is 13.0 Å². The van der Waals surface area contributed by atoms with Crippen LogP contribution < -0.4 is 5.32 Å². The van der Waals surface area contributed by atoms with Gasteiger partial charge in [0.15, 0.2) is 0 Å². The lowest BCUT2D eigenvalue weighted by molar-refractivity contribution is -0.142. The summed E-state index contributed by atoms with van der Waals surface area (Å²) in [5.74, 6) is -1.49. The molecule has 2 amide bonds. The van der Waals surface area contributed by atoms with Crippen LogP contribution in [0.25, 0.3) is 0 Å². The van der Waals surface area contributed by atoms with Crippen LogP contribution in [0.4, 0.5) is 4.79 Å². The molecule has 0 saturated carbocycles. The molecular weight excluding hydrogens is 228 g/mol. The molecule has 0 saturated heterocycles. The fraction of sp³-hybridized carbons (Fsp3) is 0.700. The highest BCUT2D eigenvalue weighted by molar-refractivity contribution is 5.81. The summed E-state index contributed by atoms with van der Waals surface area (Å²) in [5.41, 5.74) is 0. The van der Waals surface area contributed by atoms with Crippen molar-refractivity contribution in [3.8, 4) is 0 Å². The molecule has 0 rings (SSSR count). The maximum Gasteiger partial charge on any atom is 0.325 e. The number of rotatable bonds is 7. The monoisotopic (exact) mass is 246 g/mol. The number of urea groups is 1. The van der Waals surface area contributed by atoms with Crippen LogP contribution in [0, 0.1) is 0 Å². The molecule has 0 radical (unpaired) electrons. The first-order valence-corrected chi connectivity index (χ1v) is 5.41. The van der Waals surface area contributed by atoms with E-state index in [0.29, 0.717) is 6.54 Å². The van der Waals surface area contributed by atoms with Crippen molar-refractivity contribution in [2.75, 3.05) is 26.2 Å². The molecule has 7 heteroatoms. The molecule has 0 atom stereocenters. The van der Waals surface area contributed by atoms with Crippen molar-refractivity contribution in [1.29, 1.82) is 0 Å². The highest BCUT2D eigenvalue weighted by atomic mass is 16.5. The van der Waals surface area contributed by atoms with E-state index in [-0.39, 0.29) is 26.1 Å². The van der Waals surface area contributed by atoms with Crippen molar-refractivity contribution in [1.82, 2.24) is 10.2 Å². The molecule has 0 unspecified atom stereocenters. The van der Waals surface area contributed by atoms with Crippen LogP contribution in [0.5, 0.6) is 0 Å². The van der Waals surface area contributed by atoms with Crippen molar-refractivity contribution in [2.45, 2.75) is 20.3 Å². The third-order valence-corrected chi connectivity index (χ3v) is 1.95. The highest BCUT2D eigenvalue weighted by Gasteiger charge is 2.13. The molecular formula is C10H18N2O5. The predicted octanol–water partition coefficient (Wildman–Crippen LogP) is 0.0557. The number of aliphatic carboxylic acids is 1. The van der Waals surface area contributed by atoms with Gasteiger partial charge in [-0.15, -0.1) is 0 Å². The summed E-state index contributed by atoms with van der Waals surface area (Å²) >= 11 is 0. The third-order valence-electron chi connectivity index (χ3n) is 1.95. The van der Waals surface area contributed by atoms with Gasteiger partial charge in [-0.3, -0.25) is 9.59 Å². The number of esters is 1.